The summed E-state index contributed by atoms with van der Waals surface area (Å²) in [5.74, 6) is 0.427. The number of benzene rings is 2. The Balaban J connectivity index is 1.42. The molecule has 0 radical (unpaired) electrons. The van der Waals surface area contributed by atoms with Gasteiger partial charge in [-0.05, 0) is 55.6 Å². The second-order valence-corrected chi connectivity index (χ2v) is 9.76. The number of ether oxygens (including phenoxy) is 1. The van der Waals surface area contributed by atoms with Gasteiger partial charge in [0.05, 0.1) is 25.2 Å². The normalized spacial score (nSPS) is 16.2. The van der Waals surface area contributed by atoms with Gasteiger partial charge >= 0.3 is 0 Å². The topological polar surface area (TPSA) is 82.1 Å². The van der Waals surface area contributed by atoms with E-state index in [1.54, 1.807) is 18.2 Å². The zero-order valence-corrected chi connectivity index (χ0v) is 19.1. The Kier molecular flexibility index (Phi) is 8.17. The van der Waals surface area contributed by atoms with Crippen LogP contribution in [0.3, 0.4) is 0 Å². The SMILES string of the molecule is COc1ccc(C(O)CCCCN2CCN(c3ccccc3)CC2)cc1NS(C)(=O)=O. The van der Waals surface area contributed by atoms with Crippen molar-refractivity contribution in [1.29, 1.82) is 0 Å². The van der Waals surface area contributed by atoms with E-state index >= 15 is 0 Å². The van der Waals surface area contributed by atoms with E-state index in [-0.39, 0.29) is 0 Å². The Morgan fingerprint density at radius 3 is 2.42 bits per heavy atom. The number of anilines is 2. The fourth-order valence-electron chi connectivity index (χ4n) is 3.92. The van der Waals surface area contributed by atoms with Gasteiger partial charge in [-0.1, -0.05) is 24.3 Å². The number of sulfonamides is 1. The first kappa shape index (κ1) is 23.4. The molecule has 0 saturated carbocycles. The van der Waals surface area contributed by atoms with E-state index in [1.807, 2.05) is 6.07 Å². The lowest BCUT2D eigenvalue weighted by Gasteiger charge is -2.36. The van der Waals surface area contributed by atoms with Crippen LogP contribution in [0.1, 0.15) is 30.9 Å². The maximum Gasteiger partial charge on any atom is 0.229 e. The minimum atomic E-state index is -3.43. The Morgan fingerprint density at radius 1 is 1.06 bits per heavy atom. The maximum atomic E-state index is 11.6. The maximum absolute atomic E-state index is 11.6. The van der Waals surface area contributed by atoms with Crippen LogP contribution in [0.25, 0.3) is 0 Å². The predicted molar refractivity (Wildman–Crippen MR) is 125 cm³/mol. The minimum absolute atomic E-state index is 0.345. The standard InChI is InChI=1S/C23H33N3O4S/c1-30-23-12-11-19(18-21(23)24-31(2,28)29)22(27)10-6-7-13-25-14-16-26(17-15-25)20-8-4-3-5-9-20/h3-5,8-9,11-12,18,22,24,27H,6-7,10,13-17H2,1-2H3. The highest BCUT2D eigenvalue weighted by atomic mass is 32.2. The second kappa shape index (κ2) is 10.8. The van der Waals surface area contributed by atoms with Crippen molar-refractivity contribution in [2.45, 2.75) is 25.4 Å². The molecular formula is C23H33N3O4S. The molecule has 2 aromatic rings. The van der Waals surface area contributed by atoms with Crippen LogP contribution in [0.4, 0.5) is 11.4 Å². The van der Waals surface area contributed by atoms with E-state index in [1.165, 1.54) is 12.8 Å². The van der Waals surface area contributed by atoms with Crippen molar-refractivity contribution in [3.05, 3.63) is 54.1 Å². The molecule has 1 aliphatic rings. The summed E-state index contributed by atoms with van der Waals surface area (Å²) in [5.41, 5.74) is 2.32. The molecule has 2 N–H and O–H groups in total. The molecule has 0 amide bonds. The number of para-hydroxylation sites is 1. The summed E-state index contributed by atoms with van der Waals surface area (Å²) in [6.07, 6.45) is 3.01. The van der Waals surface area contributed by atoms with E-state index in [4.69, 9.17) is 4.74 Å². The van der Waals surface area contributed by atoms with Crippen LogP contribution in [-0.4, -0.2) is 64.5 Å². The summed E-state index contributed by atoms with van der Waals surface area (Å²) in [6, 6.07) is 15.6. The Bertz CT molecular complexity index is 929. The van der Waals surface area contributed by atoms with Gasteiger partial charge < -0.3 is 14.7 Å². The average molecular weight is 448 g/mol. The lowest BCUT2D eigenvalue weighted by Crippen LogP contribution is -2.46. The molecule has 0 aliphatic carbocycles. The van der Waals surface area contributed by atoms with Crippen molar-refractivity contribution in [3.63, 3.8) is 0 Å². The molecule has 1 aliphatic heterocycles. The molecule has 7 nitrogen and oxygen atoms in total. The molecule has 0 aromatic heterocycles. The number of piperazine rings is 1. The smallest absolute Gasteiger partial charge is 0.229 e. The number of nitrogens with zero attached hydrogens (tertiary/aromatic N) is 2. The van der Waals surface area contributed by atoms with Gasteiger partial charge in [0.15, 0.2) is 0 Å². The van der Waals surface area contributed by atoms with E-state index in [9.17, 15) is 13.5 Å². The quantitative estimate of drug-likeness (QED) is 0.545. The predicted octanol–water partition coefficient (Wildman–Crippen LogP) is 3.09. The largest absolute Gasteiger partial charge is 0.495 e. The summed E-state index contributed by atoms with van der Waals surface area (Å²) in [6.45, 7) is 5.20. The number of rotatable bonds is 10. The summed E-state index contributed by atoms with van der Waals surface area (Å²) in [5, 5.41) is 10.6. The molecule has 1 atom stereocenters. The molecule has 1 saturated heterocycles. The van der Waals surface area contributed by atoms with Crippen molar-refractivity contribution in [2.75, 3.05) is 55.7 Å². The molecule has 1 fully saturated rings. The summed E-state index contributed by atoms with van der Waals surface area (Å²) in [4.78, 5) is 4.90. The third-order valence-electron chi connectivity index (χ3n) is 5.60. The van der Waals surface area contributed by atoms with Gasteiger partial charge in [-0.15, -0.1) is 0 Å². The Labute approximate surface area is 185 Å². The Hall–Kier alpha value is -2.29. The highest BCUT2D eigenvalue weighted by Gasteiger charge is 2.17. The lowest BCUT2D eigenvalue weighted by molar-refractivity contribution is 0.160. The molecule has 31 heavy (non-hydrogen) atoms. The Morgan fingerprint density at radius 2 is 1.77 bits per heavy atom. The number of hydrogen-bond donors (Lipinski definition) is 2. The highest BCUT2D eigenvalue weighted by molar-refractivity contribution is 7.92. The van der Waals surface area contributed by atoms with Crippen molar-refractivity contribution in [1.82, 2.24) is 4.90 Å². The molecule has 170 valence electrons. The number of aliphatic hydroxyl groups is 1. The monoisotopic (exact) mass is 447 g/mol. The molecule has 1 unspecified atom stereocenters. The van der Waals surface area contributed by atoms with Crippen LogP contribution in [0.2, 0.25) is 0 Å². The molecule has 0 spiro atoms. The van der Waals surface area contributed by atoms with E-state index < -0.39 is 16.1 Å². The van der Waals surface area contributed by atoms with Crippen molar-refractivity contribution < 1.29 is 18.3 Å². The summed E-state index contributed by atoms with van der Waals surface area (Å²) < 4.78 is 30.8. The number of hydrogen-bond acceptors (Lipinski definition) is 6. The second-order valence-electron chi connectivity index (χ2n) is 8.01. The van der Waals surface area contributed by atoms with Crippen LogP contribution >= 0.6 is 0 Å². The third-order valence-corrected chi connectivity index (χ3v) is 6.19. The zero-order valence-electron chi connectivity index (χ0n) is 18.3. The molecule has 1 heterocycles. The van der Waals surface area contributed by atoms with E-state index in [2.05, 4.69) is 38.8 Å². The molecule has 0 bridgehead atoms. The molecule has 3 rings (SSSR count). The van der Waals surface area contributed by atoms with Gasteiger partial charge in [-0.2, -0.15) is 0 Å². The van der Waals surface area contributed by atoms with Crippen LogP contribution in [0, 0.1) is 0 Å². The van der Waals surface area contributed by atoms with Gasteiger partial charge in [0, 0.05) is 31.9 Å². The summed E-state index contributed by atoms with van der Waals surface area (Å²) >= 11 is 0. The van der Waals surface area contributed by atoms with Crippen molar-refractivity contribution in [2.24, 2.45) is 0 Å². The van der Waals surface area contributed by atoms with Gasteiger partial charge in [-0.25, -0.2) is 8.42 Å². The van der Waals surface area contributed by atoms with Crippen molar-refractivity contribution >= 4 is 21.4 Å². The molecule has 2 aromatic carbocycles. The van der Waals surface area contributed by atoms with Crippen LogP contribution in [-0.2, 0) is 10.0 Å². The molecular weight excluding hydrogens is 414 g/mol. The minimum Gasteiger partial charge on any atom is -0.495 e. The van der Waals surface area contributed by atoms with Gasteiger partial charge in [0.1, 0.15) is 5.75 Å². The van der Waals surface area contributed by atoms with Crippen LogP contribution in [0.5, 0.6) is 5.75 Å². The fourth-order valence-corrected chi connectivity index (χ4v) is 4.48. The van der Waals surface area contributed by atoms with Gasteiger partial charge in [-0.3, -0.25) is 9.62 Å². The first-order valence-electron chi connectivity index (χ1n) is 10.7. The number of methoxy groups -OCH3 is 1. The first-order valence-corrected chi connectivity index (χ1v) is 12.6. The number of nitrogens with one attached hydrogen (secondary N) is 1. The van der Waals surface area contributed by atoms with Crippen LogP contribution < -0.4 is 14.4 Å². The highest BCUT2D eigenvalue weighted by Crippen LogP contribution is 2.30. The zero-order chi connectivity index (χ0) is 22.3. The average Bonchev–Trinajstić information content (AvgIpc) is 2.76. The fraction of sp³-hybridized carbons (Fsp3) is 0.478. The number of unbranched alkanes of at least 4 members (excludes halogenated alkanes) is 1. The van der Waals surface area contributed by atoms with Gasteiger partial charge in [0.25, 0.3) is 0 Å². The third kappa shape index (κ3) is 7.12. The van der Waals surface area contributed by atoms with Crippen LogP contribution in [0.15, 0.2) is 48.5 Å². The van der Waals surface area contributed by atoms with E-state index in [0.29, 0.717) is 23.4 Å². The summed E-state index contributed by atoms with van der Waals surface area (Å²) in [7, 11) is -1.94. The van der Waals surface area contributed by atoms with E-state index in [0.717, 1.165) is 51.8 Å². The molecule has 8 heteroatoms. The number of aliphatic hydroxyl groups excluding tert-OH is 1. The first-order chi connectivity index (χ1) is 14.9. The van der Waals surface area contributed by atoms with Crippen molar-refractivity contribution in [3.8, 4) is 5.75 Å². The van der Waals surface area contributed by atoms with Gasteiger partial charge in [0.2, 0.25) is 10.0 Å². The lowest BCUT2D eigenvalue weighted by atomic mass is 10.0.